The first kappa shape index (κ1) is 10.5. The average molecular weight is 248 g/mol. The van der Waals surface area contributed by atoms with E-state index in [1.54, 1.807) is 6.07 Å². The Labute approximate surface area is 101 Å². The van der Waals surface area contributed by atoms with Crippen molar-refractivity contribution in [2.75, 3.05) is 6.79 Å². The summed E-state index contributed by atoms with van der Waals surface area (Å²) in [6, 6.07) is 4.30. The number of aromatic hydroxyl groups is 1. The van der Waals surface area contributed by atoms with Gasteiger partial charge >= 0.3 is 5.97 Å². The Morgan fingerprint density at radius 1 is 1.28 bits per heavy atom. The van der Waals surface area contributed by atoms with Crippen LogP contribution in [0.25, 0.3) is 11.3 Å². The Kier molecular flexibility index (Phi) is 2.12. The van der Waals surface area contributed by atoms with Gasteiger partial charge in [0.2, 0.25) is 6.79 Å². The van der Waals surface area contributed by atoms with Crippen molar-refractivity contribution in [2.45, 2.75) is 0 Å². The fraction of sp³-hybridized carbons (Fsp3) is 0.0909. The zero-order valence-corrected chi connectivity index (χ0v) is 9.01. The molecule has 0 aliphatic carbocycles. The molecule has 2 heterocycles. The number of carboxylic acids is 1. The van der Waals surface area contributed by atoms with Crippen molar-refractivity contribution in [2.24, 2.45) is 0 Å². The molecule has 1 aromatic heterocycles. The van der Waals surface area contributed by atoms with Crippen molar-refractivity contribution >= 4 is 5.97 Å². The van der Waals surface area contributed by atoms with Crippen molar-refractivity contribution in [3.05, 3.63) is 23.9 Å². The summed E-state index contributed by atoms with van der Waals surface area (Å²) in [6.07, 6.45) is 0. The number of nitrogens with one attached hydrogen (secondary N) is 1. The maximum Gasteiger partial charge on any atom is 0.353 e. The lowest BCUT2D eigenvalue weighted by atomic mass is 10.1. The second-order valence-electron chi connectivity index (χ2n) is 3.69. The van der Waals surface area contributed by atoms with Gasteiger partial charge in [-0.25, -0.2) is 4.79 Å². The van der Waals surface area contributed by atoms with Crippen LogP contribution in [-0.2, 0) is 0 Å². The maximum absolute atomic E-state index is 10.7. The summed E-state index contributed by atoms with van der Waals surface area (Å²) >= 11 is 0. The maximum atomic E-state index is 10.7. The molecule has 1 aliphatic rings. The van der Waals surface area contributed by atoms with Crippen molar-refractivity contribution in [3.63, 3.8) is 0 Å². The van der Waals surface area contributed by atoms with Gasteiger partial charge in [0, 0.05) is 11.6 Å². The first-order valence-electron chi connectivity index (χ1n) is 5.07. The Morgan fingerprint density at radius 2 is 2.00 bits per heavy atom. The van der Waals surface area contributed by atoms with E-state index in [1.807, 2.05) is 0 Å². The van der Waals surface area contributed by atoms with Crippen molar-refractivity contribution in [1.29, 1.82) is 0 Å². The van der Waals surface area contributed by atoms with Crippen LogP contribution < -0.4 is 9.47 Å². The van der Waals surface area contributed by atoms with Gasteiger partial charge in [-0.2, -0.15) is 5.10 Å². The van der Waals surface area contributed by atoms with Gasteiger partial charge in [0.05, 0.1) is 5.69 Å². The highest BCUT2D eigenvalue weighted by atomic mass is 16.7. The highest BCUT2D eigenvalue weighted by molar-refractivity contribution is 5.87. The second-order valence-corrected chi connectivity index (χ2v) is 3.69. The van der Waals surface area contributed by atoms with Crippen molar-refractivity contribution in [1.82, 2.24) is 10.2 Å². The highest BCUT2D eigenvalue weighted by Crippen LogP contribution is 2.41. The summed E-state index contributed by atoms with van der Waals surface area (Å²) in [4.78, 5) is 10.7. The van der Waals surface area contributed by atoms with E-state index in [-0.39, 0.29) is 18.2 Å². The summed E-state index contributed by atoms with van der Waals surface area (Å²) in [5.74, 6) is -0.232. The molecule has 0 fully saturated rings. The number of H-pyrrole nitrogens is 1. The second kappa shape index (κ2) is 3.66. The van der Waals surface area contributed by atoms with E-state index in [4.69, 9.17) is 14.6 Å². The standard InChI is InChI=1S/C11H8N2O5/c14-8-3-10-9(17-4-18-10)1-5(8)6-2-7(11(15)16)13-12-6/h1-3,14H,4H2,(H,12,13)(H,15,16). The van der Waals surface area contributed by atoms with Crippen LogP contribution in [0.1, 0.15) is 10.5 Å². The molecule has 18 heavy (non-hydrogen) atoms. The lowest BCUT2D eigenvalue weighted by Gasteiger charge is -2.03. The van der Waals surface area contributed by atoms with Crippen LogP contribution in [0.15, 0.2) is 18.2 Å². The number of aromatic amines is 1. The van der Waals surface area contributed by atoms with E-state index in [0.717, 1.165) is 0 Å². The first-order valence-corrected chi connectivity index (χ1v) is 5.07. The smallest absolute Gasteiger partial charge is 0.353 e. The molecule has 92 valence electrons. The number of rotatable bonds is 2. The third-order valence-electron chi connectivity index (χ3n) is 2.58. The van der Waals surface area contributed by atoms with E-state index in [9.17, 15) is 9.90 Å². The first-order chi connectivity index (χ1) is 8.65. The molecule has 0 spiro atoms. The zero-order valence-electron chi connectivity index (χ0n) is 9.01. The SMILES string of the molecule is O=C(O)c1cc(-c2cc3c(cc2O)OCO3)n[nH]1. The molecule has 7 nitrogen and oxygen atoms in total. The molecule has 0 amide bonds. The lowest BCUT2D eigenvalue weighted by Crippen LogP contribution is -1.95. The number of phenols is 1. The molecule has 3 N–H and O–H groups in total. The third-order valence-corrected chi connectivity index (χ3v) is 2.58. The molecule has 0 unspecified atom stereocenters. The number of phenolic OH excluding ortho intramolecular Hbond substituents is 1. The van der Waals surface area contributed by atoms with Gasteiger partial charge in [-0.1, -0.05) is 0 Å². The van der Waals surface area contributed by atoms with Crippen LogP contribution in [0.3, 0.4) is 0 Å². The molecule has 0 saturated heterocycles. The number of hydrogen-bond donors (Lipinski definition) is 3. The van der Waals surface area contributed by atoms with E-state index in [0.29, 0.717) is 22.8 Å². The minimum absolute atomic E-state index is 0.0531. The van der Waals surface area contributed by atoms with E-state index in [1.165, 1.54) is 12.1 Å². The number of aromatic carboxylic acids is 1. The number of hydrogen-bond acceptors (Lipinski definition) is 5. The van der Waals surface area contributed by atoms with Gasteiger partial charge in [0.25, 0.3) is 0 Å². The van der Waals surface area contributed by atoms with Gasteiger partial charge in [-0.15, -0.1) is 0 Å². The summed E-state index contributed by atoms with van der Waals surface area (Å²) < 4.78 is 10.3. The van der Waals surface area contributed by atoms with Gasteiger partial charge in [0.1, 0.15) is 11.4 Å². The van der Waals surface area contributed by atoms with Gasteiger partial charge in [-0.05, 0) is 12.1 Å². The number of carboxylic acid groups (broad SMARTS) is 1. The summed E-state index contributed by atoms with van der Waals surface area (Å²) in [7, 11) is 0. The Bertz CT molecular complexity index is 634. The molecule has 3 rings (SSSR count). The molecular formula is C11H8N2O5. The van der Waals surface area contributed by atoms with E-state index < -0.39 is 5.97 Å². The van der Waals surface area contributed by atoms with Gasteiger partial charge in [-0.3, -0.25) is 5.10 Å². The number of aromatic nitrogens is 2. The Hall–Kier alpha value is -2.70. The van der Waals surface area contributed by atoms with Crippen LogP contribution in [-0.4, -0.2) is 33.2 Å². The molecule has 0 atom stereocenters. The zero-order chi connectivity index (χ0) is 12.7. The number of benzene rings is 1. The molecule has 1 aliphatic heterocycles. The number of fused-ring (bicyclic) bond motifs is 1. The largest absolute Gasteiger partial charge is 0.507 e. The fourth-order valence-corrected chi connectivity index (χ4v) is 1.71. The van der Waals surface area contributed by atoms with Crippen LogP contribution in [0.5, 0.6) is 17.2 Å². The number of carbonyl (C=O) groups is 1. The molecule has 0 bridgehead atoms. The highest BCUT2D eigenvalue weighted by Gasteiger charge is 2.19. The van der Waals surface area contributed by atoms with Crippen LogP contribution >= 0.6 is 0 Å². The predicted molar refractivity (Wildman–Crippen MR) is 58.8 cm³/mol. The monoisotopic (exact) mass is 248 g/mol. The topological polar surface area (TPSA) is 105 Å². The normalized spacial score (nSPS) is 12.7. The molecular weight excluding hydrogens is 240 g/mol. The fourth-order valence-electron chi connectivity index (χ4n) is 1.71. The predicted octanol–water partition coefficient (Wildman–Crippen LogP) is 1.21. The van der Waals surface area contributed by atoms with Gasteiger partial charge < -0.3 is 19.7 Å². The average Bonchev–Trinajstić information content (AvgIpc) is 2.94. The third kappa shape index (κ3) is 1.53. The minimum atomic E-state index is -1.12. The van der Waals surface area contributed by atoms with E-state index in [2.05, 4.69) is 10.2 Å². The number of nitrogens with zero attached hydrogens (tertiary/aromatic N) is 1. The van der Waals surface area contributed by atoms with Gasteiger partial charge in [0.15, 0.2) is 11.5 Å². The summed E-state index contributed by atoms with van der Waals surface area (Å²) in [5.41, 5.74) is 0.647. The molecule has 7 heteroatoms. The van der Waals surface area contributed by atoms with Crippen LogP contribution in [0.4, 0.5) is 0 Å². The quantitative estimate of drug-likeness (QED) is 0.737. The summed E-state index contributed by atoms with van der Waals surface area (Å²) in [5, 5.41) is 24.8. The van der Waals surface area contributed by atoms with E-state index >= 15 is 0 Å². The molecule has 0 saturated carbocycles. The van der Waals surface area contributed by atoms with Crippen LogP contribution in [0, 0.1) is 0 Å². The number of ether oxygens (including phenoxy) is 2. The molecule has 1 aromatic carbocycles. The van der Waals surface area contributed by atoms with Crippen molar-refractivity contribution < 1.29 is 24.5 Å². The Balaban J connectivity index is 2.08. The lowest BCUT2D eigenvalue weighted by molar-refractivity contribution is 0.0690. The summed E-state index contributed by atoms with van der Waals surface area (Å²) in [6.45, 7) is 0.0964. The molecule has 2 aromatic rings. The minimum Gasteiger partial charge on any atom is -0.507 e. The van der Waals surface area contributed by atoms with Crippen LogP contribution in [0.2, 0.25) is 0 Å². The molecule has 0 radical (unpaired) electrons. The Morgan fingerprint density at radius 3 is 2.67 bits per heavy atom. The van der Waals surface area contributed by atoms with Crippen molar-refractivity contribution in [3.8, 4) is 28.5 Å².